The zero-order chi connectivity index (χ0) is 18.9. The quantitative estimate of drug-likeness (QED) is 0.486. The summed E-state index contributed by atoms with van der Waals surface area (Å²) in [5.74, 6) is -1.10. The molecule has 0 fully saturated rings. The number of pyridine rings is 1. The number of fused-ring (bicyclic) bond motifs is 4. The maximum absolute atomic E-state index is 13.1. The van der Waals surface area contributed by atoms with Crippen LogP contribution in [-0.4, -0.2) is 36.4 Å². The fraction of sp³-hybridized carbons (Fsp3) is 0.474. The summed E-state index contributed by atoms with van der Waals surface area (Å²) in [5, 5.41) is 2.82. The number of hydrogen-bond acceptors (Lipinski definition) is 6. The average molecular weight is 358 g/mol. The summed E-state index contributed by atoms with van der Waals surface area (Å²) < 4.78 is 10.0. The standard InChI is InChI=1S/C19H22N2O5/c1-4-26-17(23)9-15(22)21-19-10-11(2)7-12(18(19)24)8-14-13(19)5-6-16(20-14)25-3/h5-7,12H,4,8-10H2,1-3H3,(H,21,22)/t12-,19-/m0/s1. The molecule has 7 nitrogen and oxygen atoms in total. The SMILES string of the molecule is CCOC(=O)CC(=O)N[C@@]12CC(C)=C[C@@H](Cc3nc(OC)ccc31)C2=O. The number of carbonyl (C=O) groups excluding carboxylic acids is 3. The predicted molar refractivity (Wildman–Crippen MR) is 92.4 cm³/mol. The van der Waals surface area contributed by atoms with Gasteiger partial charge in [0.1, 0.15) is 12.0 Å². The molecule has 0 radical (unpaired) electrons. The van der Waals surface area contributed by atoms with Crippen molar-refractivity contribution in [3.05, 3.63) is 35.0 Å². The monoisotopic (exact) mass is 358 g/mol. The molecule has 2 atom stereocenters. The van der Waals surface area contributed by atoms with E-state index < -0.39 is 23.8 Å². The highest BCUT2D eigenvalue weighted by Gasteiger charge is 2.51. The zero-order valence-electron chi connectivity index (χ0n) is 15.1. The Morgan fingerprint density at radius 3 is 2.85 bits per heavy atom. The van der Waals surface area contributed by atoms with E-state index in [-0.39, 0.29) is 18.3 Å². The summed E-state index contributed by atoms with van der Waals surface area (Å²) in [6, 6.07) is 3.46. The number of aromatic nitrogens is 1. The van der Waals surface area contributed by atoms with E-state index in [1.165, 1.54) is 7.11 Å². The van der Waals surface area contributed by atoms with Crippen molar-refractivity contribution >= 4 is 17.7 Å². The number of allylic oxidation sites excluding steroid dienone is 1. The molecule has 2 aliphatic rings. The van der Waals surface area contributed by atoms with E-state index in [0.29, 0.717) is 24.3 Å². The number of nitrogens with one attached hydrogen (secondary N) is 1. The molecule has 0 unspecified atom stereocenters. The van der Waals surface area contributed by atoms with Gasteiger partial charge in [-0.3, -0.25) is 14.4 Å². The Kier molecular flexibility index (Phi) is 4.80. The summed E-state index contributed by atoms with van der Waals surface area (Å²) in [6.45, 7) is 3.81. The van der Waals surface area contributed by atoms with Crippen LogP contribution in [0.1, 0.15) is 37.9 Å². The Balaban J connectivity index is 1.99. The maximum atomic E-state index is 13.1. The van der Waals surface area contributed by atoms with Crippen LogP contribution in [0, 0.1) is 5.92 Å². The molecule has 1 aromatic heterocycles. The molecule has 2 aliphatic carbocycles. The van der Waals surface area contributed by atoms with Gasteiger partial charge < -0.3 is 14.8 Å². The van der Waals surface area contributed by atoms with Gasteiger partial charge in [-0.2, -0.15) is 0 Å². The van der Waals surface area contributed by atoms with Crippen molar-refractivity contribution in [3.8, 4) is 5.88 Å². The number of hydrogen-bond donors (Lipinski definition) is 1. The second-order valence-corrected chi connectivity index (χ2v) is 6.65. The van der Waals surface area contributed by atoms with E-state index in [1.54, 1.807) is 19.1 Å². The number of nitrogens with zero attached hydrogens (tertiary/aromatic N) is 1. The van der Waals surface area contributed by atoms with E-state index in [9.17, 15) is 14.4 Å². The second-order valence-electron chi connectivity index (χ2n) is 6.65. The molecule has 7 heteroatoms. The van der Waals surface area contributed by atoms with E-state index in [2.05, 4.69) is 10.3 Å². The summed E-state index contributed by atoms with van der Waals surface area (Å²) in [5.41, 5.74) is 1.23. The lowest BCUT2D eigenvalue weighted by Crippen LogP contribution is -2.58. The highest BCUT2D eigenvalue weighted by Crippen LogP contribution is 2.44. The summed E-state index contributed by atoms with van der Waals surface area (Å²) in [6.07, 6.45) is 2.34. The van der Waals surface area contributed by atoms with Gasteiger partial charge in [-0.15, -0.1) is 0 Å². The summed E-state index contributed by atoms with van der Waals surface area (Å²) in [7, 11) is 1.53. The second kappa shape index (κ2) is 6.90. The first-order valence-corrected chi connectivity index (χ1v) is 8.62. The highest BCUT2D eigenvalue weighted by atomic mass is 16.5. The topological polar surface area (TPSA) is 94.6 Å². The third-order valence-corrected chi connectivity index (χ3v) is 4.78. The molecular weight excluding hydrogens is 336 g/mol. The van der Waals surface area contributed by atoms with Gasteiger partial charge in [0.05, 0.1) is 19.4 Å². The number of rotatable bonds is 5. The van der Waals surface area contributed by atoms with Gasteiger partial charge >= 0.3 is 5.97 Å². The van der Waals surface area contributed by atoms with Gasteiger partial charge in [-0.05, 0) is 19.9 Å². The number of ketones is 1. The van der Waals surface area contributed by atoms with Gasteiger partial charge in [0.15, 0.2) is 5.78 Å². The zero-order valence-corrected chi connectivity index (χ0v) is 15.1. The van der Waals surface area contributed by atoms with Crippen LogP contribution in [0.4, 0.5) is 0 Å². The van der Waals surface area contributed by atoms with E-state index >= 15 is 0 Å². The number of Topliss-reactive ketones (excluding diaryl/α,β-unsaturated/α-hetero) is 1. The van der Waals surface area contributed by atoms with E-state index in [4.69, 9.17) is 9.47 Å². The molecule has 0 aromatic carbocycles. The molecule has 0 spiro atoms. The van der Waals surface area contributed by atoms with Crippen LogP contribution in [0.5, 0.6) is 5.88 Å². The molecule has 3 rings (SSSR count). The smallest absolute Gasteiger partial charge is 0.315 e. The van der Waals surface area contributed by atoms with Crippen LogP contribution in [0.3, 0.4) is 0 Å². The lowest BCUT2D eigenvalue weighted by molar-refractivity contribution is -0.147. The number of amides is 1. The van der Waals surface area contributed by atoms with Crippen molar-refractivity contribution in [1.29, 1.82) is 0 Å². The lowest BCUT2D eigenvalue weighted by Gasteiger charge is -2.43. The van der Waals surface area contributed by atoms with Gasteiger partial charge in [-0.1, -0.05) is 11.6 Å². The molecule has 1 aromatic rings. The third-order valence-electron chi connectivity index (χ3n) is 4.78. The van der Waals surface area contributed by atoms with Gasteiger partial charge in [0.25, 0.3) is 0 Å². The van der Waals surface area contributed by atoms with Crippen molar-refractivity contribution in [2.24, 2.45) is 5.92 Å². The molecule has 2 bridgehead atoms. The number of esters is 1. The van der Waals surface area contributed by atoms with Crippen molar-refractivity contribution in [1.82, 2.24) is 10.3 Å². The van der Waals surface area contributed by atoms with Crippen molar-refractivity contribution in [2.75, 3.05) is 13.7 Å². The van der Waals surface area contributed by atoms with Crippen LogP contribution in [-0.2, 0) is 31.1 Å². The molecule has 138 valence electrons. The lowest BCUT2D eigenvalue weighted by atomic mass is 9.65. The van der Waals surface area contributed by atoms with Crippen LogP contribution in [0.15, 0.2) is 23.8 Å². The highest BCUT2D eigenvalue weighted by molar-refractivity contribution is 6.02. The predicted octanol–water partition coefficient (Wildman–Crippen LogP) is 1.45. The Hall–Kier alpha value is -2.70. The van der Waals surface area contributed by atoms with Crippen molar-refractivity contribution in [2.45, 2.75) is 38.6 Å². The fourth-order valence-electron chi connectivity index (χ4n) is 3.83. The van der Waals surface area contributed by atoms with E-state index in [1.807, 2.05) is 13.0 Å². The summed E-state index contributed by atoms with van der Waals surface area (Å²) >= 11 is 0. The third kappa shape index (κ3) is 3.09. The number of carbonyl (C=O) groups is 3. The Bertz CT molecular complexity index is 801. The van der Waals surface area contributed by atoms with Crippen LogP contribution in [0.25, 0.3) is 0 Å². The first-order chi connectivity index (χ1) is 12.4. The average Bonchev–Trinajstić information content (AvgIpc) is 2.57. The molecule has 1 heterocycles. The minimum absolute atomic E-state index is 0.0697. The van der Waals surface area contributed by atoms with Crippen LogP contribution in [0.2, 0.25) is 0 Å². The molecule has 26 heavy (non-hydrogen) atoms. The largest absolute Gasteiger partial charge is 0.481 e. The first kappa shape index (κ1) is 18.1. The van der Waals surface area contributed by atoms with Gasteiger partial charge in [0, 0.05) is 30.4 Å². The van der Waals surface area contributed by atoms with Gasteiger partial charge in [0.2, 0.25) is 11.8 Å². The first-order valence-electron chi connectivity index (χ1n) is 8.62. The Labute approximate surface area is 151 Å². The van der Waals surface area contributed by atoms with Crippen LogP contribution < -0.4 is 10.1 Å². The number of methoxy groups -OCH3 is 1. The van der Waals surface area contributed by atoms with Crippen molar-refractivity contribution in [3.63, 3.8) is 0 Å². The summed E-state index contributed by atoms with van der Waals surface area (Å²) in [4.78, 5) is 41.7. The number of ether oxygens (including phenoxy) is 2. The maximum Gasteiger partial charge on any atom is 0.315 e. The molecule has 1 amide bonds. The van der Waals surface area contributed by atoms with Gasteiger partial charge in [-0.25, -0.2) is 4.98 Å². The Morgan fingerprint density at radius 1 is 1.38 bits per heavy atom. The molecular formula is C19H22N2O5. The molecule has 0 aliphatic heterocycles. The molecule has 1 N–H and O–H groups in total. The minimum Gasteiger partial charge on any atom is -0.481 e. The molecule has 0 saturated carbocycles. The van der Waals surface area contributed by atoms with E-state index in [0.717, 1.165) is 11.3 Å². The molecule has 0 saturated heterocycles. The Morgan fingerprint density at radius 2 is 2.15 bits per heavy atom. The van der Waals surface area contributed by atoms with Crippen molar-refractivity contribution < 1.29 is 23.9 Å². The van der Waals surface area contributed by atoms with Crippen LogP contribution >= 0.6 is 0 Å². The normalized spacial score (nSPS) is 23.6. The fourth-order valence-corrected chi connectivity index (χ4v) is 3.83. The minimum atomic E-state index is -1.19.